The highest BCUT2D eigenvalue weighted by atomic mass is 31.2. The molecule has 17 atom stereocenters. The number of rotatable bonds is 65. The van der Waals surface area contributed by atoms with Crippen molar-refractivity contribution < 1.29 is 155 Å². The van der Waals surface area contributed by atoms with Gasteiger partial charge in [-0.2, -0.15) is 0 Å². The lowest BCUT2D eigenvalue weighted by Gasteiger charge is -2.42. The van der Waals surface area contributed by atoms with Gasteiger partial charge < -0.3 is 125 Å². The van der Waals surface area contributed by atoms with Crippen LogP contribution in [0.3, 0.4) is 0 Å². The Labute approximate surface area is 661 Å². The van der Waals surface area contributed by atoms with E-state index in [1.807, 2.05) is 0 Å². The van der Waals surface area contributed by atoms with E-state index in [1.165, 1.54) is 13.8 Å². The van der Waals surface area contributed by atoms with E-state index >= 15 is 0 Å². The van der Waals surface area contributed by atoms with Gasteiger partial charge in [0.2, 0.25) is 35.4 Å². The van der Waals surface area contributed by atoms with Crippen molar-refractivity contribution in [2.24, 2.45) is 5.92 Å². The van der Waals surface area contributed by atoms with Crippen LogP contribution in [0.2, 0.25) is 0 Å². The predicted octanol–water partition coefficient (Wildman–Crippen LogP) is -0.438. The highest BCUT2D eigenvalue weighted by Crippen LogP contribution is 2.42. The molecule has 3 heterocycles. The van der Waals surface area contributed by atoms with E-state index in [-0.39, 0.29) is 159 Å². The summed E-state index contributed by atoms with van der Waals surface area (Å²) in [6.45, 7) is 2.04. The number of esters is 1. The predicted molar refractivity (Wildman–Crippen MR) is 400 cm³/mol. The van der Waals surface area contributed by atoms with Crippen LogP contribution in [-0.4, -0.2) is 307 Å². The molecule has 0 radical (unpaired) electrons. The lowest BCUT2D eigenvalue weighted by molar-refractivity contribution is -0.282. The highest BCUT2D eigenvalue weighted by Gasteiger charge is 2.47. The fourth-order valence-electron chi connectivity index (χ4n) is 12.5. The number of phosphoric acid groups is 1. The molecule has 654 valence electrons. The maximum Gasteiger partial charge on any atom is 0.471 e. The molecule has 38 nitrogen and oxygen atoms in total. The van der Waals surface area contributed by atoms with E-state index in [2.05, 4.69) is 36.4 Å². The Morgan fingerprint density at radius 1 is 0.398 bits per heavy atom. The molecule has 3 aliphatic heterocycles. The molecule has 0 saturated carbocycles. The molecular weight excluding hydrogens is 1520 g/mol. The van der Waals surface area contributed by atoms with Crippen molar-refractivity contribution in [3.63, 3.8) is 0 Å². The van der Waals surface area contributed by atoms with E-state index in [1.54, 1.807) is 6.92 Å². The SMILES string of the molecule is COP(=O)(O)OCCCCCCNC(=O)CCCC(=O)NC(COCCC(=O)CCCCCC(=O)CCCCO[C@@H]1OC(CO)[C@H](O)[C@H](O)C1C)(COCCC(=O)NCCCNC(=O)CCCCO[C@@H]1OC(CO)[C@H](O)[C@H](O)C1NC(C)=O)COC(=O)CCCCCC(=O)CCCCO[C@@H]1OC(CO)[C@H](O)[C@H](O)C1NC(C)=O. The summed E-state index contributed by atoms with van der Waals surface area (Å²) in [7, 11) is -3.01. The van der Waals surface area contributed by atoms with Gasteiger partial charge in [0.15, 0.2) is 18.9 Å². The zero-order valence-electron chi connectivity index (χ0n) is 66.2. The Balaban J connectivity index is 1.59. The van der Waals surface area contributed by atoms with Gasteiger partial charge in [0, 0.05) is 137 Å². The molecule has 8 unspecified atom stereocenters. The average molecular weight is 1650 g/mol. The van der Waals surface area contributed by atoms with Crippen LogP contribution in [0.5, 0.6) is 0 Å². The number of hydrogen-bond acceptors (Lipinski definition) is 31. The van der Waals surface area contributed by atoms with Crippen LogP contribution in [0, 0.1) is 5.92 Å². The molecule has 3 rings (SSSR count). The van der Waals surface area contributed by atoms with Crippen molar-refractivity contribution in [1.29, 1.82) is 0 Å². The Bertz CT molecular complexity index is 2820. The number of ketones is 3. The molecule has 0 spiro atoms. The average Bonchev–Trinajstić information content (AvgIpc) is 0.827. The Morgan fingerprint density at radius 3 is 1.25 bits per heavy atom. The fraction of sp³-hybridized carbons (Fsp3) is 0.865. The first kappa shape index (κ1) is 102. The molecule has 39 heteroatoms. The largest absolute Gasteiger partial charge is 0.471 e. The lowest BCUT2D eigenvalue weighted by Crippen LogP contribution is -2.64. The highest BCUT2D eigenvalue weighted by molar-refractivity contribution is 7.47. The standard InChI is InChI=1S/C74H131N6O32P/c1-49-65(94)66(95)55(43-81)110-71(49)105-37-18-13-26-52(86)23-9-7-10-25-54(88)32-41-103-46-74(80-61(92)30-21-29-59(90)75-34-16-5-6-17-40-109-113(100,101)102-4,48-108-62(93)31-12-8-11-24-53(87)27-14-19-38-106-72-63(78-50(2)84)69(98)67(96)56(44-82)111-72)47-104-42-33-60(91)77-36-22-35-76-58(89)28-15-20-39-107-73-64(79-51(3)85)70(99)68(97)57(45-83)112-73/h49,55-57,63-73,81-83,94-99H,5-48H2,1-4H3,(H,75,90)(H,76,89)(H,77,91)(H,78,84)(H,79,85)(H,80,92)(H,100,101)/t49?,55?,56?,57?,63?,64?,65-,66+,67+,68+,69-,70-,71-,72-,73-,74?/m1/s1. The summed E-state index contributed by atoms with van der Waals surface area (Å²) in [5.74, 6) is -3.88. The molecule has 3 aliphatic rings. The summed E-state index contributed by atoms with van der Waals surface area (Å²) in [4.78, 5) is 138. The number of amides is 6. The minimum Gasteiger partial charge on any atom is -0.463 e. The smallest absolute Gasteiger partial charge is 0.463 e. The van der Waals surface area contributed by atoms with Crippen molar-refractivity contribution in [3.8, 4) is 0 Å². The molecule has 3 saturated heterocycles. The Morgan fingerprint density at radius 2 is 0.770 bits per heavy atom. The second-order valence-electron chi connectivity index (χ2n) is 28.9. The molecule has 0 aromatic carbocycles. The third-order valence-corrected chi connectivity index (χ3v) is 20.1. The number of ether oxygens (including phenoxy) is 9. The van der Waals surface area contributed by atoms with Crippen LogP contribution in [0.1, 0.15) is 207 Å². The monoisotopic (exact) mass is 1650 g/mol. The first-order valence-electron chi connectivity index (χ1n) is 39.8. The van der Waals surface area contributed by atoms with Gasteiger partial charge in [-0.3, -0.25) is 57.0 Å². The maximum absolute atomic E-state index is 13.9. The molecule has 0 aliphatic carbocycles. The first-order chi connectivity index (χ1) is 54.0. The van der Waals surface area contributed by atoms with Gasteiger partial charge >= 0.3 is 13.8 Å². The van der Waals surface area contributed by atoms with E-state index in [0.717, 1.165) is 7.11 Å². The number of aliphatic hydroxyl groups excluding tert-OH is 9. The molecule has 0 aromatic heterocycles. The van der Waals surface area contributed by atoms with Gasteiger partial charge in [-0.15, -0.1) is 0 Å². The number of Topliss-reactive ketones (excluding diaryl/α,β-unsaturated/α-hetero) is 3. The molecule has 6 amide bonds. The van der Waals surface area contributed by atoms with Crippen LogP contribution in [0.4, 0.5) is 0 Å². The molecule has 0 aromatic rings. The normalized spacial score (nSPS) is 24.7. The Hall–Kier alpha value is -5.27. The van der Waals surface area contributed by atoms with Gasteiger partial charge in [-0.25, -0.2) is 4.57 Å². The van der Waals surface area contributed by atoms with Gasteiger partial charge in [-0.05, 0) is 89.9 Å². The third kappa shape index (κ3) is 43.1. The molecule has 16 N–H and O–H groups in total. The number of carbonyl (C=O) groups excluding carboxylic acids is 10. The van der Waals surface area contributed by atoms with Gasteiger partial charge in [-0.1, -0.05) is 32.6 Å². The first-order valence-corrected chi connectivity index (χ1v) is 41.3. The lowest BCUT2D eigenvalue weighted by atomic mass is 9.92. The van der Waals surface area contributed by atoms with Crippen molar-refractivity contribution in [2.45, 2.75) is 298 Å². The minimum absolute atomic E-state index is 0.0187. The van der Waals surface area contributed by atoms with E-state index in [9.17, 15) is 103 Å². The minimum atomic E-state index is -4.08. The zero-order chi connectivity index (χ0) is 83.6. The molecule has 0 bridgehead atoms. The Kier molecular flexibility index (Phi) is 52.8. The number of nitrogens with one attached hydrogen (secondary N) is 6. The van der Waals surface area contributed by atoms with Gasteiger partial charge in [0.25, 0.3) is 0 Å². The molecule has 113 heavy (non-hydrogen) atoms. The number of unbranched alkanes of at least 4 members (excludes halogenated alkanes) is 10. The van der Waals surface area contributed by atoms with Crippen LogP contribution in [0.25, 0.3) is 0 Å². The van der Waals surface area contributed by atoms with Crippen molar-refractivity contribution in [1.82, 2.24) is 31.9 Å². The van der Waals surface area contributed by atoms with Crippen LogP contribution < -0.4 is 31.9 Å². The number of phosphoric ester groups is 1. The van der Waals surface area contributed by atoms with Gasteiger partial charge in [0.1, 0.15) is 90.4 Å². The second kappa shape index (κ2) is 58.6. The summed E-state index contributed by atoms with van der Waals surface area (Å²) < 4.78 is 72.6. The number of aliphatic hydroxyl groups is 9. The summed E-state index contributed by atoms with van der Waals surface area (Å²) in [5, 5.41) is 107. The molecular formula is C74H131N6O32P. The number of carbonyl (C=O) groups is 10. The van der Waals surface area contributed by atoms with Crippen LogP contribution >= 0.6 is 7.82 Å². The summed E-state index contributed by atoms with van der Waals surface area (Å²) in [5.41, 5.74) is -1.61. The summed E-state index contributed by atoms with van der Waals surface area (Å²) in [6.07, 6.45) is -5.23. The maximum atomic E-state index is 13.9. The summed E-state index contributed by atoms with van der Waals surface area (Å²) >= 11 is 0. The second-order valence-corrected chi connectivity index (χ2v) is 30.5. The topological polar surface area (TPSA) is 564 Å². The van der Waals surface area contributed by atoms with E-state index in [4.69, 9.17) is 47.2 Å². The number of hydrogen-bond donors (Lipinski definition) is 16. The van der Waals surface area contributed by atoms with Crippen molar-refractivity contribution in [3.05, 3.63) is 0 Å². The van der Waals surface area contributed by atoms with Crippen LogP contribution in [-0.2, 0) is 104 Å². The third-order valence-electron chi connectivity index (χ3n) is 19.1. The fourth-order valence-corrected chi connectivity index (χ4v) is 12.9. The quantitative estimate of drug-likeness (QED) is 0.0209. The van der Waals surface area contributed by atoms with Crippen molar-refractivity contribution >= 4 is 66.6 Å². The van der Waals surface area contributed by atoms with E-state index < -0.39 is 161 Å². The van der Waals surface area contributed by atoms with Gasteiger partial charge in [0.05, 0.1) is 59.0 Å². The zero-order valence-corrected chi connectivity index (χ0v) is 67.1. The van der Waals surface area contributed by atoms with Crippen LogP contribution in [0.15, 0.2) is 0 Å². The molecule has 3 fully saturated rings. The summed E-state index contributed by atoms with van der Waals surface area (Å²) in [6, 6.07) is -2.21. The van der Waals surface area contributed by atoms with Crippen molar-refractivity contribution in [2.75, 3.05) is 106 Å². The van der Waals surface area contributed by atoms with E-state index in [0.29, 0.717) is 129 Å².